The Morgan fingerprint density at radius 1 is 1.17 bits per heavy atom. The highest BCUT2D eigenvalue weighted by molar-refractivity contribution is 7.13. The predicted molar refractivity (Wildman–Crippen MR) is 122 cm³/mol. The Hall–Kier alpha value is -1.96. The Morgan fingerprint density at radius 3 is 2.53 bits per heavy atom. The van der Waals surface area contributed by atoms with E-state index < -0.39 is 6.04 Å². The number of anilines is 1. The first-order valence-electron chi connectivity index (χ1n) is 10.4. The number of nitrogens with zero attached hydrogens (tertiary/aromatic N) is 2. The van der Waals surface area contributed by atoms with Gasteiger partial charge in [0.25, 0.3) is 5.91 Å². The molecule has 6 nitrogen and oxygen atoms in total. The molecule has 2 aromatic rings. The van der Waals surface area contributed by atoms with E-state index in [9.17, 15) is 9.59 Å². The van der Waals surface area contributed by atoms with E-state index in [1.54, 1.807) is 24.3 Å². The number of aromatic nitrogens is 1. The van der Waals surface area contributed by atoms with Crippen LogP contribution < -0.4 is 10.6 Å². The van der Waals surface area contributed by atoms with Crippen molar-refractivity contribution in [1.82, 2.24) is 15.2 Å². The van der Waals surface area contributed by atoms with Gasteiger partial charge < -0.3 is 10.6 Å². The molecule has 0 radical (unpaired) electrons. The van der Waals surface area contributed by atoms with Crippen LogP contribution in [-0.4, -0.2) is 40.8 Å². The van der Waals surface area contributed by atoms with Crippen molar-refractivity contribution >= 4 is 39.9 Å². The third-order valence-corrected chi connectivity index (χ3v) is 6.11. The number of piperidine rings is 1. The van der Waals surface area contributed by atoms with Crippen molar-refractivity contribution in [2.75, 3.05) is 18.4 Å². The third-order valence-electron chi connectivity index (χ3n) is 5.05. The van der Waals surface area contributed by atoms with Gasteiger partial charge in [0.15, 0.2) is 5.13 Å². The number of carbonyl (C=O) groups is 2. The number of hydrogen-bond donors (Lipinski definition) is 2. The summed E-state index contributed by atoms with van der Waals surface area (Å²) in [6.07, 6.45) is 4.31. The van der Waals surface area contributed by atoms with E-state index in [1.165, 1.54) is 30.6 Å². The first-order valence-corrected chi connectivity index (χ1v) is 11.7. The molecule has 3 rings (SSSR count). The Balaban J connectivity index is 1.60. The fourth-order valence-corrected chi connectivity index (χ4v) is 4.35. The molecule has 2 amide bonds. The van der Waals surface area contributed by atoms with Gasteiger partial charge in [0.05, 0.1) is 5.69 Å². The zero-order valence-corrected chi connectivity index (χ0v) is 19.1. The molecule has 2 heterocycles. The maximum Gasteiger partial charge on any atom is 0.251 e. The van der Waals surface area contributed by atoms with E-state index in [0.717, 1.165) is 25.3 Å². The standard InChI is InChI=1S/C22H29ClN4O2S/c1-15(2)12-19(25-20(28)16-6-8-17(23)9-7-16)21(29)26-22-24-18(14-30-22)13-27-10-4-3-5-11-27/h6-9,14-15,19H,3-5,10-13H2,1-2H3,(H,25,28)(H,24,26,29). The predicted octanol–water partition coefficient (Wildman–Crippen LogP) is 4.57. The number of amides is 2. The number of likely N-dealkylation sites (tertiary alicyclic amines) is 1. The van der Waals surface area contributed by atoms with E-state index in [-0.39, 0.29) is 17.7 Å². The van der Waals surface area contributed by atoms with Crippen molar-refractivity contribution < 1.29 is 9.59 Å². The van der Waals surface area contributed by atoms with Gasteiger partial charge in [-0.3, -0.25) is 14.5 Å². The molecular weight excluding hydrogens is 420 g/mol. The highest BCUT2D eigenvalue weighted by Crippen LogP contribution is 2.20. The molecule has 1 aromatic heterocycles. The number of benzene rings is 1. The second-order valence-corrected chi connectivity index (χ2v) is 9.43. The molecule has 2 N–H and O–H groups in total. The summed E-state index contributed by atoms with van der Waals surface area (Å²) in [4.78, 5) is 32.4. The lowest BCUT2D eigenvalue weighted by Crippen LogP contribution is -2.44. The molecule has 0 aliphatic carbocycles. The van der Waals surface area contributed by atoms with Gasteiger partial charge >= 0.3 is 0 Å². The number of carbonyl (C=O) groups excluding carboxylic acids is 2. The molecule has 0 saturated carbocycles. The quantitative estimate of drug-likeness (QED) is 0.620. The first kappa shape index (κ1) is 22.7. The SMILES string of the molecule is CC(C)CC(NC(=O)c1ccc(Cl)cc1)C(=O)Nc1nc(CN2CCCCC2)cs1. The van der Waals surface area contributed by atoms with Crippen molar-refractivity contribution in [2.24, 2.45) is 5.92 Å². The van der Waals surface area contributed by atoms with Crippen LogP contribution in [0.25, 0.3) is 0 Å². The number of hydrogen-bond acceptors (Lipinski definition) is 5. The molecule has 1 atom stereocenters. The molecule has 8 heteroatoms. The van der Waals surface area contributed by atoms with Crippen LogP contribution in [0.1, 0.15) is 55.6 Å². The highest BCUT2D eigenvalue weighted by atomic mass is 35.5. The molecule has 0 bridgehead atoms. The van der Waals surface area contributed by atoms with Gasteiger partial charge in [-0.15, -0.1) is 11.3 Å². The summed E-state index contributed by atoms with van der Waals surface area (Å²) in [6.45, 7) is 7.07. The summed E-state index contributed by atoms with van der Waals surface area (Å²) in [7, 11) is 0. The summed E-state index contributed by atoms with van der Waals surface area (Å²) in [5.74, 6) is -0.292. The topological polar surface area (TPSA) is 74.3 Å². The fraction of sp³-hybridized carbons (Fsp3) is 0.500. The van der Waals surface area contributed by atoms with Crippen molar-refractivity contribution in [2.45, 2.75) is 52.1 Å². The second kappa shape index (κ2) is 10.9. The first-order chi connectivity index (χ1) is 14.4. The van der Waals surface area contributed by atoms with Crippen molar-refractivity contribution in [3.05, 3.63) is 45.9 Å². The summed E-state index contributed by atoms with van der Waals surface area (Å²) in [5, 5.41) is 8.86. The van der Waals surface area contributed by atoms with Gasteiger partial charge in [-0.1, -0.05) is 31.9 Å². The smallest absolute Gasteiger partial charge is 0.251 e. The van der Waals surface area contributed by atoms with Crippen LogP contribution in [0.5, 0.6) is 0 Å². The molecule has 1 fully saturated rings. The Bertz CT molecular complexity index is 847. The van der Waals surface area contributed by atoms with Crippen molar-refractivity contribution in [1.29, 1.82) is 0 Å². The number of thiazole rings is 1. The Morgan fingerprint density at radius 2 is 1.87 bits per heavy atom. The molecule has 1 aromatic carbocycles. The minimum atomic E-state index is -0.636. The number of halogens is 1. The molecule has 162 valence electrons. The zero-order valence-electron chi connectivity index (χ0n) is 17.5. The van der Waals surface area contributed by atoms with Crippen LogP contribution >= 0.6 is 22.9 Å². The summed E-state index contributed by atoms with van der Waals surface area (Å²) < 4.78 is 0. The lowest BCUT2D eigenvalue weighted by Gasteiger charge is -2.25. The summed E-state index contributed by atoms with van der Waals surface area (Å²) in [6, 6.07) is 5.98. The largest absolute Gasteiger partial charge is 0.340 e. The van der Waals surface area contributed by atoms with Crippen LogP contribution in [0, 0.1) is 5.92 Å². The van der Waals surface area contributed by atoms with Crippen LogP contribution in [0.15, 0.2) is 29.6 Å². The van der Waals surface area contributed by atoms with Gasteiger partial charge in [0, 0.05) is 22.5 Å². The van der Waals surface area contributed by atoms with Gasteiger partial charge in [0.2, 0.25) is 5.91 Å². The van der Waals surface area contributed by atoms with E-state index in [0.29, 0.717) is 22.1 Å². The van der Waals surface area contributed by atoms with Crippen molar-refractivity contribution in [3.63, 3.8) is 0 Å². The number of nitrogens with one attached hydrogen (secondary N) is 2. The third kappa shape index (κ3) is 6.79. The molecule has 0 spiro atoms. The van der Waals surface area contributed by atoms with Gasteiger partial charge in [-0.2, -0.15) is 0 Å². The van der Waals surface area contributed by atoms with Crippen LogP contribution in [0.4, 0.5) is 5.13 Å². The molecule has 1 saturated heterocycles. The monoisotopic (exact) mass is 448 g/mol. The average molecular weight is 449 g/mol. The van der Waals surface area contributed by atoms with Gasteiger partial charge in [-0.05, 0) is 62.5 Å². The van der Waals surface area contributed by atoms with E-state index in [4.69, 9.17) is 11.6 Å². The molecular formula is C22H29ClN4O2S. The van der Waals surface area contributed by atoms with Crippen LogP contribution in [0.2, 0.25) is 5.02 Å². The van der Waals surface area contributed by atoms with Crippen LogP contribution in [0.3, 0.4) is 0 Å². The van der Waals surface area contributed by atoms with E-state index >= 15 is 0 Å². The maximum atomic E-state index is 12.9. The Labute approximate surface area is 187 Å². The maximum absolute atomic E-state index is 12.9. The molecule has 1 aliphatic rings. The van der Waals surface area contributed by atoms with Crippen LogP contribution in [-0.2, 0) is 11.3 Å². The normalized spacial score (nSPS) is 15.7. The molecule has 1 aliphatic heterocycles. The molecule has 30 heavy (non-hydrogen) atoms. The summed E-state index contributed by atoms with van der Waals surface area (Å²) in [5.41, 5.74) is 1.45. The highest BCUT2D eigenvalue weighted by Gasteiger charge is 2.24. The average Bonchev–Trinajstić information content (AvgIpc) is 3.15. The van der Waals surface area contributed by atoms with E-state index in [2.05, 4.69) is 20.5 Å². The zero-order chi connectivity index (χ0) is 21.5. The Kier molecular flexibility index (Phi) is 8.24. The van der Waals surface area contributed by atoms with Gasteiger partial charge in [0.1, 0.15) is 6.04 Å². The second-order valence-electron chi connectivity index (χ2n) is 8.13. The van der Waals surface area contributed by atoms with Crippen molar-refractivity contribution in [3.8, 4) is 0 Å². The fourth-order valence-electron chi connectivity index (χ4n) is 3.52. The van der Waals surface area contributed by atoms with E-state index in [1.807, 2.05) is 19.2 Å². The molecule has 1 unspecified atom stereocenters. The lowest BCUT2D eigenvalue weighted by atomic mass is 10.0. The van der Waals surface area contributed by atoms with Gasteiger partial charge in [-0.25, -0.2) is 4.98 Å². The minimum Gasteiger partial charge on any atom is -0.340 e. The lowest BCUT2D eigenvalue weighted by molar-refractivity contribution is -0.118. The summed E-state index contributed by atoms with van der Waals surface area (Å²) >= 11 is 7.31. The number of rotatable bonds is 8. The minimum absolute atomic E-state index is 0.245.